The van der Waals surface area contributed by atoms with Crippen molar-refractivity contribution in [3.8, 4) is 0 Å². The molecule has 0 aromatic carbocycles. The molecule has 0 radical (unpaired) electrons. The molecule has 0 spiro atoms. The summed E-state index contributed by atoms with van der Waals surface area (Å²) in [6, 6.07) is 0. The maximum absolute atomic E-state index is 11.2. The first kappa shape index (κ1) is 11.2. The quantitative estimate of drug-likeness (QED) is 0.573. The third-order valence-electron chi connectivity index (χ3n) is 2.01. The van der Waals surface area contributed by atoms with Crippen molar-refractivity contribution >= 4 is 5.78 Å². The molecule has 1 atom stereocenters. The number of carbonyl (C=O) groups excluding carboxylic acids is 1. The molecule has 0 aliphatic carbocycles. The Morgan fingerprint density at radius 2 is 2.17 bits per heavy atom. The maximum atomic E-state index is 11.2. The van der Waals surface area contributed by atoms with Crippen molar-refractivity contribution in [3.05, 3.63) is 24.3 Å². The molecule has 68 valence electrons. The minimum atomic E-state index is 0.157. The Kier molecular flexibility index (Phi) is 5.35. The summed E-state index contributed by atoms with van der Waals surface area (Å²) in [4.78, 5) is 11.2. The Labute approximate surface area is 75.2 Å². The van der Waals surface area contributed by atoms with Crippen LogP contribution in [0.5, 0.6) is 0 Å². The highest BCUT2D eigenvalue weighted by atomic mass is 16.1. The van der Waals surface area contributed by atoms with Gasteiger partial charge in [-0.05, 0) is 13.3 Å². The molecule has 12 heavy (non-hydrogen) atoms. The normalized spacial score (nSPS) is 14.1. The fraction of sp³-hybridized carbons (Fsp3) is 0.545. The van der Waals surface area contributed by atoms with Crippen LogP contribution in [-0.4, -0.2) is 5.78 Å². The summed E-state index contributed by atoms with van der Waals surface area (Å²) in [7, 11) is 0. The third-order valence-corrected chi connectivity index (χ3v) is 2.01. The van der Waals surface area contributed by atoms with Crippen LogP contribution < -0.4 is 0 Å². The molecular formula is C11H18O. The van der Waals surface area contributed by atoms with E-state index in [4.69, 9.17) is 0 Å². The number of allylic oxidation sites excluding steroid dienone is 3. The van der Waals surface area contributed by atoms with E-state index in [0.29, 0.717) is 12.2 Å². The molecule has 1 heteroatoms. The monoisotopic (exact) mass is 166 g/mol. The van der Waals surface area contributed by atoms with Crippen molar-refractivity contribution in [1.82, 2.24) is 0 Å². The van der Waals surface area contributed by atoms with Crippen molar-refractivity contribution in [1.29, 1.82) is 0 Å². The van der Waals surface area contributed by atoms with Gasteiger partial charge in [-0.1, -0.05) is 38.2 Å². The zero-order valence-corrected chi connectivity index (χ0v) is 8.26. The first-order valence-corrected chi connectivity index (χ1v) is 4.43. The Bertz CT molecular complexity index is 189. The van der Waals surface area contributed by atoms with Crippen LogP contribution in [0, 0.1) is 5.92 Å². The van der Waals surface area contributed by atoms with E-state index in [9.17, 15) is 4.79 Å². The molecule has 0 aromatic heterocycles. The molecule has 0 aromatic rings. The summed E-state index contributed by atoms with van der Waals surface area (Å²) in [5.74, 6) is 0.494. The van der Waals surface area contributed by atoms with Crippen LogP contribution in [-0.2, 0) is 4.79 Å². The summed E-state index contributed by atoms with van der Waals surface area (Å²) < 4.78 is 0. The van der Waals surface area contributed by atoms with Gasteiger partial charge >= 0.3 is 0 Å². The molecule has 0 amide bonds. The molecule has 0 saturated heterocycles. The summed E-state index contributed by atoms with van der Waals surface area (Å²) in [6.07, 6.45) is 5.35. The molecular weight excluding hydrogens is 148 g/mol. The fourth-order valence-electron chi connectivity index (χ4n) is 0.926. The molecule has 1 nitrogen and oxygen atoms in total. The van der Waals surface area contributed by atoms with Crippen LogP contribution in [0.2, 0.25) is 0 Å². The number of hydrogen-bond acceptors (Lipinski definition) is 1. The molecule has 0 aliphatic heterocycles. The number of Topliss-reactive ketones (excluding diaryl/α,β-unsaturated/α-hetero) is 1. The van der Waals surface area contributed by atoms with E-state index < -0.39 is 0 Å². The van der Waals surface area contributed by atoms with Gasteiger partial charge in [-0.2, -0.15) is 0 Å². The lowest BCUT2D eigenvalue weighted by Crippen LogP contribution is -2.07. The average molecular weight is 166 g/mol. The van der Waals surface area contributed by atoms with E-state index >= 15 is 0 Å². The molecule has 0 bridgehead atoms. The summed E-state index contributed by atoms with van der Waals surface area (Å²) in [5, 5.41) is 0. The van der Waals surface area contributed by atoms with E-state index in [0.717, 1.165) is 12.0 Å². The first-order chi connectivity index (χ1) is 5.61. The van der Waals surface area contributed by atoms with Crippen LogP contribution >= 0.6 is 0 Å². The lowest BCUT2D eigenvalue weighted by atomic mass is 9.99. The van der Waals surface area contributed by atoms with Crippen LogP contribution in [0.15, 0.2) is 24.3 Å². The SMILES string of the molecule is C=C/C(C)=C/CC(C)C(=O)CC. The minimum absolute atomic E-state index is 0.157. The lowest BCUT2D eigenvalue weighted by molar-refractivity contribution is -0.121. The Morgan fingerprint density at radius 1 is 1.58 bits per heavy atom. The third kappa shape index (κ3) is 4.12. The van der Waals surface area contributed by atoms with E-state index in [1.54, 1.807) is 0 Å². The Balaban J connectivity index is 3.93. The molecule has 0 N–H and O–H groups in total. The molecule has 0 saturated carbocycles. The van der Waals surface area contributed by atoms with Gasteiger partial charge in [-0.25, -0.2) is 0 Å². The van der Waals surface area contributed by atoms with E-state index in [1.165, 1.54) is 0 Å². The van der Waals surface area contributed by atoms with Crippen molar-refractivity contribution in [2.45, 2.75) is 33.6 Å². The van der Waals surface area contributed by atoms with Gasteiger partial charge in [0.1, 0.15) is 5.78 Å². The van der Waals surface area contributed by atoms with Crippen molar-refractivity contribution < 1.29 is 4.79 Å². The molecule has 0 fully saturated rings. The van der Waals surface area contributed by atoms with E-state index in [2.05, 4.69) is 12.7 Å². The van der Waals surface area contributed by atoms with Gasteiger partial charge in [0.2, 0.25) is 0 Å². The predicted octanol–water partition coefficient (Wildman–Crippen LogP) is 3.12. The van der Waals surface area contributed by atoms with Gasteiger partial charge in [0, 0.05) is 12.3 Å². The highest BCUT2D eigenvalue weighted by Crippen LogP contribution is 2.08. The number of hydrogen-bond donors (Lipinski definition) is 0. The lowest BCUT2D eigenvalue weighted by Gasteiger charge is -2.04. The van der Waals surface area contributed by atoms with Gasteiger partial charge in [-0.3, -0.25) is 4.79 Å². The van der Waals surface area contributed by atoms with E-state index in [1.807, 2.05) is 26.8 Å². The topological polar surface area (TPSA) is 17.1 Å². The molecule has 0 heterocycles. The van der Waals surface area contributed by atoms with Gasteiger partial charge in [0.25, 0.3) is 0 Å². The second kappa shape index (κ2) is 5.76. The summed E-state index contributed by atoms with van der Waals surface area (Å²) in [6.45, 7) is 9.52. The van der Waals surface area contributed by atoms with Gasteiger partial charge in [0.05, 0.1) is 0 Å². The smallest absolute Gasteiger partial charge is 0.135 e. The molecule has 0 rings (SSSR count). The van der Waals surface area contributed by atoms with Crippen LogP contribution in [0.4, 0.5) is 0 Å². The summed E-state index contributed by atoms with van der Waals surface area (Å²) >= 11 is 0. The highest BCUT2D eigenvalue weighted by molar-refractivity contribution is 5.80. The van der Waals surface area contributed by atoms with Crippen LogP contribution in [0.3, 0.4) is 0 Å². The van der Waals surface area contributed by atoms with Crippen LogP contribution in [0.1, 0.15) is 33.6 Å². The van der Waals surface area contributed by atoms with Crippen molar-refractivity contribution in [2.75, 3.05) is 0 Å². The molecule has 0 aliphatic rings. The Hall–Kier alpha value is -0.850. The largest absolute Gasteiger partial charge is 0.299 e. The van der Waals surface area contributed by atoms with E-state index in [-0.39, 0.29) is 5.92 Å². The van der Waals surface area contributed by atoms with Gasteiger partial charge in [0.15, 0.2) is 0 Å². The van der Waals surface area contributed by atoms with Crippen molar-refractivity contribution in [3.63, 3.8) is 0 Å². The van der Waals surface area contributed by atoms with Crippen molar-refractivity contribution in [2.24, 2.45) is 5.92 Å². The highest BCUT2D eigenvalue weighted by Gasteiger charge is 2.07. The number of rotatable bonds is 5. The second-order valence-corrected chi connectivity index (χ2v) is 3.11. The Morgan fingerprint density at radius 3 is 2.58 bits per heavy atom. The van der Waals surface area contributed by atoms with Crippen LogP contribution in [0.25, 0.3) is 0 Å². The second-order valence-electron chi connectivity index (χ2n) is 3.11. The zero-order chi connectivity index (χ0) is 9.56. The van der Waals surface area contributed by atoms with Gasteiger partial charge < -0.3 is 0 Å². The average Bonchev–Trinajstić information content (AvgIpc) is 2.11. The zero-order valence-electron chi connectivity index (χ0n) is 8.26. The molecule has 1 unspecified atom stereocenters. The number of ketones is 1. The first-order valence-electron chi connectivity index (χ1n) is 4.43. The minimum Gasteiger partial charge on any atom is -0.299 e. The maximum Gasteiger partial charge on any atom is 0.135 e. The summed E-state index contributed by atoms with van der Waals surface area (Å²) in [5.41, 5.74) is 1.14. The standard InChI is InChI=1S/C11H18O/c1-5-9(3)7-8-10(4)11(12)6-2/h5,7,10H,1,6,8H2,2-4H3/b9-7+. The predicted molar refractivity (Wildman–Crippen MR) is 53.0 cm³/mol. The number of carbonyl (C=O) groups is 1. The fourth-order valence-corrected chi connectivity index (χ4v) is 0.926. The van der Waals surface area contributed by atoms with Gasteiger partial charge in [-0.15, -0.1) is 0 Å².